The zero-order valence-corrected chi connectivity index (χ0v) is 9.81. The molecule has 0 aromatic rings. The molecule has 1 heterocycles. The van der Waals surface area contributed by atoms with Gasteiger partial charge in [-0.3, -0.25) is 0 Å². The molecule has 0 aromatic heterocycles. The topological polar surface area (TPSA) is 49.4 Å². The van der Waals surface area contributed by atoms with E-state index in [4.69, 9.17) is 0 Å². The molecule has 1 fully saturated rings. The third-order valence-corrected chi connectivity index (χ3v) is 4.58. The summed E-state index contributed by atoms with van der Waals surface area (Å²) in [5.74, 6) is 0.719. The molecular formula is C9H20N2O2S. The Morgan fingerprint density at radius 1 is 1.50 bits per heavy atom. The van der Waals surface area contributed by atoms with E-state index < -0.39 is 9.84 Å². The molecule has 1 atom stereocenters. The van der Waals surface area contributed by atoms with E-state index in [-0.39, 0.29) is 6.04 Å². The van der Waals surface area contributed by atoms with Crippen molar-refractivity contribution in [2.45, 2.75) is 18.9 Å². The number of likely N-dealkylation sites (N-methyl/N-ethyl adjacent to an activating group) is 2. The molecule has 4 nitrogen and oxygen atoms in total. The predicted octanol–water partition coefficient (Wildman–Crippen LogP) is -0.285. The quantitative estimate of drug-likeness (QED) is 0.707. The van der Waals surface area contributed by atoms with Crippen LogP contribution in [0.3, 0.4) is 0 Å². The molecule has 0 spiro atoms. The van der Waals surface area contributed by atoms with E-state index >= 15 is 0 Å². The second-order valence-electron chi connectivity index (χ2n) is 3.99. The Labute approximate surface area is 86.6 Å². The average Bonchev–Trinajstić information content (AvgIpc) is 2.12. The minimum absolute atomic E-state index is 0.224. The van der Waals surface area contributed by atoms with Crippen molar-refractivity contribution < 1.29 is 8.42 Å². The Morgan fingerprint density at radius 3 is 2.79 bits per heavy atom. The van der Waals surface area contributed by atoms with Crippen LogP contribution in [0.15, 0.2) is 0 Å². The monoisotopic (exact) mass is 220 g/mol. The van der Waals surface area contributed by atoms with Gasteiger partial charge in [-0.1, -0.05) is 0 Å². The van der Waals surface area contributed by atoms with Crippen LogP contribution in [0.2, 0.25) is 0 Å². The van der Waals surface area contributed by atoms with Crippen LogP contribution in [0.25, 0.3) is 0 Å². The van der Waals surface area contributed by atoms with Gasteiger partial charge >= 0.3 is 0 Å². The molecule has 1 unspecified atom stereocenters. The molecule has 0 aliphatic carbocycles. The Morgan fingerprint density at radius 2 is 2.21 bits per heavy atom. The highest BCUT2D eigenvalue weighted by Gasteiger charge is 2.26. The zero-order valence-electron chi connectivity index (χ0n) is 8.99. The van der Waals surface area contributed by atoms with Crippen LogP contribution in [0.4, 0.5) is 0 Å². The molecule has 84 valence electrons. The van der Waals surface area contributed by atoms with E-state index in [1.165, 1.54) is 0 Å². The fraction of sp³-hybridized carbons (Fsp3) is 1.00. The lowest BCUT2D eigenvalue weighted by atomic mass is 10.1. The second kappa shape index (κ2) is 5.09. The number of hydrogen-bond donors (Lipinski definition) is 1. The summed E-state index contributed by atoms with van der Waals surface area (Å²) in [6.45, 7) is 1.82. The van der Waals surface area contributed by atoms with Crippen molar-refractivity contribution in [3.05, 3.63) is 0 Å². The first kappa shape index (κ1) is 11.9. The van der Waals surface area contributed by atoms with E-state index in [9.17, 15) is 8.42 Å². The normalized spacial score (nSPS) is 26.6. The lowest BCUT2D eigenvalue weighted by Gasteiger charge is -2.30. The summed E-state index contributed by atoms with van der Waals surface area (Å²) in [7, 11) is 1.15. The Hall–Kier alpha value is -0.130. The molecule has 1 aliphatic heterocycles. The van der Waals surface area contributed by atoms with Gasteiger partial charge in [-0.25, -0.2) is 8.42 Å². The minimum Gasteiger partial charge on any atom is -0.318 e. The highest BCUT2D eigenvalue weighted by molar-refractivity contribution is 7.91. The molecule has 1 rings (SSSR count). The third-order valence-electron chi connectivity index (χ3n) is 2.78. The fourth-order valence-corrected chi connectivity index (χ4v) is 3.60. The van der Waals surface area contributed by atoms with Crippen molar-refractivity contribution in [3.63, 3.8) is 0 Å². The van der Waals surface area contributed by atoms with Crippen LogP contribution in [0.1, 0.15) is 12.8 Å². The van der Waals surface area contributed by atoms with Crippen molar-refractivity contribution in [1.29, 1.82) is 0 Å². The molecule has 1 N–H and O–H groups in total. The van der Waals surface area contributed by atoms with Gasteiger partial charge in [0.05, 0.1) is 11.5 Å². The molecule has 0 bridgehead atoms. The number of sulfone groups is 1. The number of rotatable bonds is 4. The average molecular weight is 220 g/mol. The first-order chi connectivity index (χ1) is 6.55. The summed E-state index contributed by atoms with van der Waals surface area (Å²) in [5.41, 5.74) is 0. The van der Waals surface area contributed by atoms with Gasteiger partial charge in [0, 0.05) is 19.1 Å². The van der Waals surface area contributed by atoms with Crippen molar-refractivity contribution in [1.82, 2.24) is 10.2 Å². The largest absolute Gasteiger partial charge is 0.318 e. The smallest absolute Gasteiger partial charge is 0.151 e. The maximum atomic E-state index is 11.4. The fourth-order valence-electron chi connectivity index (χ4n) is 1.82. The van der Waals surface area contributed by atoms with Gasteiger partial charge < -0.3 is 10.2 Å². The summed E-state index contributed by atoms with van der Waals surface area (Å²) in [5, 5.41) is 3.07. The molecule has 1 saturated heterocycles. The maximum Gasteiger partial charge on any atom is 0.151 e. The second-order valence-corrected chi connectivity index (χ2v) is 6.22. The molecule has 0 radical (unpaired) electrons. The summed E-state index contributed by atoms with van der Waals surface area (Å²) in [6, 6.07) is 0.224. The molecule has 1 aliphatic rings. The summed E-state index contributed by atoms with van der Waals surface area (Å²) in [4.78, 5) is 2.15. The van der Waals surface area contributed by atoms with Crippen LogP contribution >= 0.6 is 0 Å². The van der Waals surface area contributed by atoms with Crippen molar-refractivity contribution in [3.8, 4) is 0 Å². The predicted molar refractivity (Wildman–Crippen MR) is 58.2 cm³/mol. The standard InChI is InChI=1S/C9H20N2O2S/c1-10-5-6-11(2)9-4-3-7-14(12,13)8-9/h9-10H,3-8H2,1-2H3. The van der Waals surface area contributed by atoms with Crippen LogP contribution in [-0.2, 0) is 9.84 Å². The highest BCUT2D eigenvalue weighted by atomic mass is 32.2. The van der Waals surface area contributed by atoms with Crippen molar-refractivity contribution in [2.24, 2.45) is 0 Å². The van der Waals surface area contributed by atoms with Crippen molar-refractivity contribution in [2.75, 3.05) is 38.7 Å². The van der Waals surface area contributed by atoms with Gasteiger partial charge in [-0.15, -0.1) is 0 Å². The Balaban J connectivity index is 2.43. The van der Waals surface area contributed by atoms with Gasteiger partial charge in [0.2, 0.25) is 0 Å². The van der Waals surface area contributed by atoms with Crippen LogP contribution in [0, 0.1) is 0 Å². The molecular weight excluding hydrogens is 200 g/mol. The number of nitrogens with zero attached hydrogens (tertiary/aromatic N) is 1. The molecule has 0 aromatic carbocycles. The number of nitrogens with one attached hydrogen (secondary N) is 1. The SMILES string of the molecule is CNCCN(C)C1CCCS(=O)(=O)C1. The van der Waals surface area contributed by atoms with Gasteiger partial charge in [0.1, 0.15) is 0 Å². The summed E-state index contributed by atoms with van der Waals surface area (Å²) in [6.07, 6.45) is 1.83. The summed E-state index contributed by atoms with van der Waals surface area (Å²) >= 11 is 0. The van der Waals surface area contributed by atoms with E-state index in [0.717, 1.165) is 25.9 Å². The van der Waals surface area contributed by atoms with Gasteiger partial charge in [-0.05, 0) is 26.9 Å². The first-order valence-electron chi connectivity index (χ1n) is 5.10. The van der Waals surface area contributed by atoms with E-state index in [0.29, 0.717) is 11.5 Å². The van der Waals surface area contributed by atoms with E-state index in [1.807, 2.05) is 14.1 Å². The number of hydrogen-bond acceptors (Lipinski definition) is 4. The first-order valence-corrected chi connectivity index (χ1v) is 6.92. The van der Waals surface area contributed by atoms with E-state index in [1.54, 1.807) is 0 Å². The molecule has 5 heteroatoms. The Kier molecular flexibility index (Phi) is 4.34. The molecule has 14 heavy (non-hydrogen) atoms. The maximum absolute atomic E-state index is 11.4. The zero-order chi connectivity index (χ0) is 10.6. The van der Waals surface area contributed by atoms with Crippen molar-refractivity contribution >= 4 is 9.84 Å². The molecule has 0 amide bonds. The molecule has 0 saturated carbocycles. The van der Waals surface area contributed by atoms with Gasteiger partial charge in [0.15, 0.2) is 9.84 Å². The van der Waals surface area contributed by atoms with Gasteiger partial charge in [-0.2, -0.15) is 0 Å². The highest BCUT2D eigenvalue weighted by Crippen LogP contribution is 2.15. The third kappa shape index (κ3) is 3.55. The van der Waals surface area contributed by atoms with Crippen LogP contribution < -0.4 is 5.32 Å². The van der Waals surface area contributed by atoms with E-state index in [2.05, 4.69) is 10.2 Å². The van der Waals surface area contributed by atoms with Gasteiger partial charge in [0.25, 0.3) is 0 Å². The Bertz CT molecular complexity index is 264. The minimum atomic E-state index is -2.76. The lowest BCUT2D eigenvalue weighted by molar-refractivity contribution is 0.244. The van der Waals surface area contributed by atoms with Crippen LogP contribution in [0.5, 0.6) is 0 Å². The lowest BCUT2D eigenvalue weighted by Crippen LogP contribution is -2.43. The summed E-state index contributed by atoms with van der Waals surface area (Å²) < 4.78 is 22.8. The van der Waals surface area contributed by atoms with Crippen LogP contribution in [-0.4, -0.2) is 58.1 Å².